The van der Waals surface area contributed by atoms with Crippen LogP contribution >= 0.6 is 0 Å². The second-order valence-electron chi connectivity index (χ2n) is 8.49. The van der Waals surface area contributed by atoms with Crippen molar-refractivity contribution < 1.29 is 4.79 Å². The third-order valence-electron chi connectivity index (χ3n) is 7.15. The van der Waals surface area contributed by atoms with E-state index in [2.05, 4.69) is 17.3 Å². The van der Waals surface area contributed by atoms with Gasteiger partial charge >= 0.3 is 0 Å². The van der Waals surface area contributed by atoms with Gasteiger partial charge in [0.05, 0.1) is 5.69 Å². The Hall–Kier alpha value is -1.84. The van der Waals surface area contributed by atoms with E-state index >= 15 is 0 Å². The van der Waals surface area contributed by atoms with E-state index in [1.165, 1.54) is 37.8 Å². The predicted octanol–water partition coefficient (Wildman–Crippen LogP) is 3.83. The van der Waals surface area contributed by atoms with Gasteiger partial charge in [0.25, 0.3) is 5.91 Å². The minimum atomic E-state index is 0.0970. The van der Waals surface area contributed by atoms with Crippen LogP contribution in [0.15, 0.2) is 29.4 Å². The van der Waals surface area contributed by atoms with Gasteiger partial charge in [0.15, 0.2) is 0 Å². The zero-order chi connectivity index (χ0) is 17.0. The molecule has 5 unspecified atom stereocenters. The standard InChI is InChI=1S/C21H27N3O/c1-13-9-10-24(23-13)16-7-5-14(6-8-16)21(25)22-20-12-15-11-19(20)18-4-2-3-17(15)18/h5-8,15,17-20H,2-4,9-12H2,1H3,(H,22,25). The fraction of sp³-hybridized carbons (Fsp3) is 0.619. The number of carbonyl (C=O) groups excluding carboxylic acids is 1. The fourth-order valence-corrected chi connectivity index (χ4v) is 6.03. The molecule has 0 aromatic heterocycles. The van der Waals surface area contributed by atoms with Crippen LogP contribution in [0.1, 0.15) is 55.8 Å². The number of amides is 1. The first-order valence-electron chi connectivity index (χ1n) is 9.91. The van der Waals surface area contributed by atoms with Gasteiger partial charge in [0, 0.05) is 30.3 Å². The van der Waals surface area contributed by atoms with Crippen molar-refractivity contribution in [3.8, 4) is 0 Å². The average molecular weight is 337 g/mol. The zero-order valence-corrected chi connectivity index (χ0v) is 14.9. The Morgan fingerprint density at radius 3 is 2.68 bits per heavy atom. The maximum atomic E-state index is 12.7. The molecule has 4 aliphatic rings. The molecule has 1 heterocycles. The summed E-state index contributed by atoms with van der Waals surface area (Å²) in [6, 6.07) is 8.33. The van der Waals surface area contributed by atoms with Crippen LogP contribution in [0.3, 0.4) is 0 Å². The summed E-state index contributed by atoms with van der Waals surface area (Å²) in [6.45, 7) is 3.00. The molecule has 0 saturated heterocycles. The van der Waals surface area contributed by atoms with E-state index in [0.29, 0.717) is 6.04 Å². The summed E-state index contributed by atoms with van der Waals surface area (Å²) in [5.74, 6) is 3.58. The number of hydrogen-bond acceptors (Lipinski definition) is 3. The van der Waals surface area contributed by atoms with E-state index in [0.717, 1.165) is 47.9 Å². The highest BCUT2D eigenvalue weighted by atomic mass is 16.1. The van der Waals surface area contributed by atoms with Crippen molar-refractivity contribution in [3.05, 3.63) is 29.8 Å². The van der Waals surface area contributed by atoms with Crippen molar-refractivity contribution in [3.63, 3.8) is 0 Å². The SMILES string of the molecule is CC1=NN(c2ccc(C(=O)NC3CC4CC3C3CCCC43)cc2)CC1. The molecule has 2 bridgehead atoms. The van der Waals surface area contributed by atoms with Crippen LogP contribution in [0, 0.1) is 23.7 Å². The Morgan fingerprint density at radius 1 is 1.12 bits per heavy atom. The lowest BCUT2D eigenvalue weighted by Crippen LogP contribution is -2.42. The van der Waals surface area contributed by atoms with Crippen molar-refractivity contribution in [2.75, 3.05) is 11.6 Å². The number of nitrogens with zero attached hydrogens (tertiary/aromatic N) is 2. The summed E-state index contributed by atoms with van der Waals surface area (Å²) in [7, 11) is 0. The van der Waals surface area contributed by atoms with Gasteiger partial charge in [-0.1, -0.05) is 6.42 Å². The highest BCUT2D eigenvalue weighted by Gasteiger charge is 2.54. The zero-order valence-electron chi connectivity index (χ0n) is 14.9. The summed E-state index contributed by atoms with van der Waals surface area (Å²) >= 11 is 0. The van der Waals surface area contributed by atoms with Crippen molar-refractivity contribution >= 4 is 17.3 Å². The molecule has 3 saturated carbocycles. The number of hydrogen-bond donors (Lipinski definition) is 1. The number of anilines is 1. The van der Waals surface area contributed by atoms with Crippen LogP contribution in [0.4, 0.5) is 5.69 Å². The molecule has 1 aromatic rings. The van der Waals surface area contributed by atoms with Crippen LogP contribution < -0.4 is 10.3 Å². The molecular weight excluding hydrogens is 310 g/mol. The normalized spacial score (nSPS) is 35.8. The Kier molecular flexibility index (Phi) is 3.61. The van der Waals surface area contributed by atoms with Gasteiger partial charge in [-0.3, -0.25) is 9.80 Å². The second kappa shape index (κ2) is 5.86. The second-order valence-corrected chi connectivity index (χ2v) is 8.49. The summed E-state index contributed by atoms with van der Waals surface area (Å²) in [4.78, 5) is 12.7. The molecule has 25 heavy (non-hydrogen) atoms. The molecule has 1 aliphatic heterocycles. The lowest BCUT2D eigenvalue weighted by molar-refractivity contribution is 0.0901. The molecule has 0 radical (unpaired) electrons. The number of rotatable bonds is 3. The van der Waals surface area contributed by atoms with E-state index in [9.17, 15) is 4.79 Å². The number of carbonyl (C=O) groups is 1. The third kappa shape index (κ3) is 2.57. The number of hydrazone groups is 1. The van der Waals surface area contributed by atoms with Gasteiger partial charge in [0.2, 0.25) is 0 Å². The number of benzene rings is 1. The summed E-state index contributed by atoms with van der Waals surface area (Å²) < 4.78 is 0. The average Bonchev–Trinajstić information content (AvgIpc) is 3.36. The monoisotopic (exact) mass is 337 g/mol. The van der Waals surface area contributed by atoms with E-state index in [4.69, 9.17) is 0 Å². The van der Waals surface area contributed by atoms with Gasteiger partial charge < -0.3 is 5.32 Å². The first-order chi connectivity index (χ1) is 12.2. The minimum Gasteiger partial charge on any atom is -0.349 e. The molecule has 3 fully saturated rings. The summed E-state index contributed by atoms with van der Waals surface area (Å²) in [5, 5.41) is 9.90. The minimum absolute atomic E-state index is 0.0970. The molecule has 1 N–H and O–H groups in total. The molecule has 1 amide bonds. The molecule has 4 nitrogen and oxygen atoms in total. The molecule has 4 heteroatoms. The Bertz CT molecular complexity index is 710. The Morgan fingerprint density at radius 2 is 1.92 bits per heavy atom. The van der Waals surface area contributed by atoms with Gasteiger partial charge in [-0.2, -0.15) is 5.10 Å². The van der Waals surface area contributed by atoms with Gasteiger partial charge in [0.1, 0.15) is 0 Å². The van der Waals surface area contributed by atoms with Crippen molar-refractivity contribution in [2.45, 2.75) is 51.5 Å². The van der Waals surface area contributed by atoms with Gasteiger partial charge in [-0.05, 0) is 80.5 Å². The first kappa shape index (κ1) is 15.4. The topological polar surface area (TPSA) is 44.7 Å². The maximum Gasteiger partial charge on any atom is 0.251 e. The molecule has 5 atom stereocenters. The fourth-order valence-electron chi connectivity index (χ4n) is 6.03. The van der Waals surface area contributed by atoms with Crippen LogP contribution in [0.2, 0.25) is 0 Å². The summed E-state index contributed by atoms with van der Waals surface area (Å²) in [6.07, 6.45) is 7.82. The molecule has 132 valence electrons. The first-order valence-corrected chi connectivity index (χ1v) is 9.91. The van der Waals surface area contributed by atoms with Crippen LogP contribution in [-0.2, 0) is 0 Å². The molecule has 3 aliphatic carbocycles. The molecule has 0 spiro atoms. The van der Waals surface area contributed by atoms with Crippen molar-refractivity contribution in [1.82, 2.24) is 5.32 Å². The highest BCUT2D eigenvalue weighted by molar-refractivity contribution is 5.95. The Balaban J connectivity index is 1.25. The van der Waals surface area contributed by atoms with Crippen LogP contribution in [-0.4, -0.2) is 24.2 Å². The largest absolute Gasteiger partial charge is 0.349 e. The Labute approximate surface area is 149 Å². The van der Waals surface area contributed by atoms with E-state index < -0.39 is 0 Å². The van der Waals surface area contributed by atoms with Crippen molar-refractivity contribution in [2.24, 2.45) is 28.8 Å². The number of nitrogens with one attached hydrogen (secondary N) is 1. The highest BCUT2D eigenvalue weighted by Crippen LogP contribution is 2.58. The number of fused-ring (bicyclic) bond motifs is 5. The smallest absolute Gasteiger partial charge is 0.251 e. The van der Waals surface area contributed by atoms with E-state index in [1.54, 1.807) is 0 Å². The van der Waals surface area contributed by atoms with Gasteiger partial charge in [-0.15, -0.1) is 0 Å². The maximum absolute atomic E-state index is 12.7. The lowest BCUT2D eigenvalue weighted by atomic mass is 9.79. The van der Waals surface area contributed by atoms with Crippen molar-refractivity contribution in [1.29, 1.82) is 0 Å². The van der Waals surface area contributed by atoms with Gasteiger partial charge in [-0.25, -0.2) is 0 Å². The third-order valence-corrected chi connectivity index (χ3v) is 7.15. The molecule has 1 aromatic carbocycles. The predicted molar refractivity (Wildman–Crippen MR) is 99.8 cm³/mol. The summed E-state index contributed by atoms with van der Waals surface area (Å²) in [5.41, 5.74) is 3.01. The van der Waals surface area contributed by atoms with Crippen LogP contribution in [0.25, 0.3) is 0 Å². The van der Waals surface area contributed by atoms with E-state index in [-0.39, 0.29) is 5.91 Å². The molecular formula is C21H27N3O. The van der Waals surface area contributed by atoms with E-state index in [1.807, 2.05) is 29.3 Å². The lowest BCUT2D eigenvalue weighted by Gasteiger charge is -2.32. The van der Waals surface area contributed by atoms with Crippen LogP contribution in [0.5, 0.6) is 0 Å². The quantitative estimate of drug-likeness (QED) is 0.911. The molecule has 5 rings (SSSR count).